The summed E-state index contributed by atoms with van der Waals surface area (Å²) < 4.78 is 7.55. The Labute approximate surface area is 158 Å². The molecule has 0 aliphatic carbocycles. The molecule has 3 rings (SSSR count). The molecule has 0 bridgehead atoms. The Morgan fingerprint density at radius 1 is 1.08 bits per heavy atom. The first-order chi connectivity index (χ1) is 12.9. The van der Waals surface area contributed by atoms with Crippen LogP contribution < -0.4 is 10.1 Å². The van der Waals surface area contributed by atoms with E-state index in [2.05, 4.69) is 33.8 Å². The first-order valence-corrected chi connectivity index (χ1v) is 9.75. The van der Waals surface area contributed by atoms with E-state index in [0.717, 1.165) is 48.5 Å². The van der Waals surface area contributed by atoms with E-state index in [1.165, 1.54) is 5.56 Å². The van der Waals surface area contributed by atoms with Crippen LogP contribution in [0.15, 0.2) is 59.8 Å². The van der Waals surface area contributed by atoms with Crippen LogP contribution in [0.1, 0.15) is 18.9 Å². The highest BCUT2D eigenvalue weighted by molar-refractivity contribution is 7.99. The number of hydrogen-bond donors (Lipinski definition) is 1. The molecular formula is C19H23N5OS. The number of para-hydroxylation sites is 2. The lowest BCUT2D eigenvalue weighted by atomic mass is 10.2. The highest BCUT2D eigenvalue weighted by atomic mass is 32.2. The number of rotatable bonds is 10. The molecular weight excluding hydrogens is 346 g/mol. The molecule has 0 unspecified atom stereocenters. The van der Waals surface area contributed by atoms with Gasteiger partial charge in [-0.3, -0.25) is 0 Å². The van der Waals surface area contributed by atoms with Crippen molar-refractivity contribution in [1.29, 1.82) is 0 Å². The van der Waals surface area contributed by atoms with Gasteiger partial charge in [0, 0.05) is 24.4 Å². The fourth-order valence-electron chi connectivity index (χ4n) is 2.44. The predicted molar refractivity (Wildman–Crippen MR) is 104 cm³/mol. The third kappa shape index (κ3) is 5.06. The van der Waals surface area contributed by atoms with Crippen LogP contribution in [-0.4, -0.2) is 39.1 Å². The van der Waals surface area contributed by atoms with Crippen molar-refractivity contribution < 1.29 is 4.74 Å². The lowest BCUT2D eigenvalue weighted by molar-refractivity contribution is 0.313. The number of nitrogens with zero attached hydrogens (tertiary/aromatic N) is 4. The van der Waals surface area contributed by atoms with E-state index in [9.17, 15) is 0 Å². The van der Waals surface area contributed by atoms with Crippen LogP contribution in [0.4, 0.5) is 0 Å². The van der Waals surface area contributed by atoms with Gasteiger partial charge in [0.25, 0.3) is 0 Å². The second kappa shape index (κ2) is 9.94. The maximum Gasteiger partial charge on any atom is 0.214 e. The first-order valence-electron chi connectivity index (χ1n) is 8.76. The molecule has 0 aliphatic rings. The molecule has 2 aromatic carbocycles. The Bertz CT molecular complexity index is 793. The van der Waals surface area contributed by atoms with Crippen molar-refractivity contribution >= 4 is 11.8 Å². The lowest BCUT2D eigenvalue weighted by Gasteiger charge is -2.11. The Hall–Kier alpha value is -2.38. The minimum absolute atomic E-state index is 0.745. The summed E-state index contributed by atoms with van der Waals surface area (Å²) in [6.45, 7) is 4.49. The van der Waals surface area contributed by atoms with E-state index in [1.54, 1.807) is 16.4 Å². The van der Waals surface area contributed by atoms with Crippen LogP contribution in [-0.2, 0) is 6.54 Å². The van der Waals surface area contributed by atoms with Gasteiger partial charge in [0.15, 0.2) is 0 Å². The minimum Gasteiger partial charge on any atom is -0.493 e. The van der Waals surface area contributed by atoms with Crippen molar-refractivity contribution in [2.24, 2.45) is 0 Å². The third-order valence-corrected chi connectivity index (χ3v) is 4.62. The van der Waals surface area contributed by atoms with Gasteiger partial charge in [0.05, 0.1) is 12.3 Å². The molecule has 6 nitrogen and oxygen atoms in total. The summed E-state index contributed by atoms with van der Waals surface area (Å²) in [6.07, 6.45) is 1.01. The number of nitrogens with one attached hydrogen (secondary N) is 1. The highest BCUT2D eigenvalue weighted by Gasteiger charge is 2.08. The van der Waals surface area contributed by atoms with Gasteiger partial charge >= 0.3 is 0 Å². The molecule has 136 valence electrons. The molecule has 7 heteroatoms. The molecule has 0 saturated heterocycles. The predicted octanol–water partition coefficient (Wildman–Crippen LogP) is 3.33. The average Bonchev–Trinajstić information content (AvgIpc) is 3.16. The molecule has 0 amide bonds. The van der Waals surface area contributed by atoms with Crippen LogP contribution in [0.5, 0.6) is 5.75 Å². The molecule has 0 atom stereocenters. The first kappa shape index (κ1) is 18.4. The topological polar surface area (TPSA) is 64.9 Å². The van der Waals surface area contributed by atoms with E-state index >= 15 is 0 Å². The molecule has 3 aromatic rings. The zero-order chi connectivity index (χ0) is 18.0. The molecule has 0 saturated carbocycles. The van der Waals surface area contributed by atoms with E-state index in [4.69, 9.17) is 4.74 Å². The second-order valence-corrected chi connectivity index (χ2v) is 6.75. The van der Waals surface area contributed by atoms with Crippen molar-refractivity contribution in [3.8, 4) is 11.4 Å². The smallest absolute Gasteiger partial charge is 0.214 e. The fourth-order valence-corrected chi connectivity index (χ4v) is 3.23. The van der Waals surface area contributed by atoms with Gasteiger partial charge in [0.2, 0.25) is 5.16 Å². The molecule has 0 radical (unpaired) electrons. The number of thioether (sulfide) groups is 1. The molecule has 0 aliphatic heterocycles. The lowest BCUT2D eigenvalue weighted by Crippen LogP contribution is -2.17. The molecule has 0 fully saturated rings. The van der Waals surface area contributed by atoms with Crippen molar-refractivity contribution in [2.45, 2.75) is 25.0 Å². The quantitative estimate of drug-likeness (QED) is 0.437. The summed E-state index contributed by atoms with van der Waals surface area (Å²) in [5.74, 6) is 1.84. The SMILES string of the molecule is CCCOc1ccccc1CNCCSc1nnnn1-c1ccccc1. The van der Waals surface area contributed by atoms with Crippen molar-refractivity contribution in [1.82, 2.24) is 25.5 Å². The summed E-state index contributed by atoms with van der Waals surface area (Å²) >= 11 is 1.63. The van der Waals surface area contributed by atoms with Gasteiger partial charge in [-0.2, -0.15) is 4.68 Å². The van der Waals surface area contributed by atoms with E-state index in [-0.39, 0.29) is 0 Å². The van der Waals surface area contributed by atoms with E-state index in [1.807, 2.05) is 48.5 Å². The Balaban J connectivity index is 1.47. The number of tetrazole rings is 1. The van der Waals surface area contributed by atoms with Crippen LogP contribution in [0.3, 0.4) is 0 Å². The number of hydrogen-bond acceptors (Lipinski definition) is 6. The van der Waals surface area contributed by atoms with Gasteiger partial charge < -0.3 is 10.1 Å². The fraction of sp³-hybridized carbons (Fsp3) is 0.316. The average molecular weight is 369 g/mol. The molecule has 1 N–H and O–H groups in total. The van der Waals surface area contributed by atoms with E-state index in [0.29, 0.717) is 0 Å². The molecule has 26 heavy (non-hydrogen) atoms. The summed E-state index contributed by atoms with van der Waals surface area (Å²) in [7, 11) is 0. The summed E-state index contributed by atoms with van der Waals surface area (Å²) in [5.41, 5.74) is 2.15. The standard InChI is InChI=1S/C19H23N5OS/c1-2-13-25-18-11-7-6-8-16(18)15-20-12-14-26-19-21-22-23-24(19)17-9-4-3-5-10-17/h3-11,20H,2,12-15H2,1H3. The summed E-state index contributed by atoms with van der Waals surface area (Å²) in [6, 6.07) is 18.1. The van der Waals surface area contributed by atoms with Crippen LogP contribution in [0.2, 0.25) is 0 Å². The van der Waals surface area contributed by atoms with Gasteiger partial charge in [-0.15, -0.1) is 5.10 Å². The van der Waals surface area contributed by atoms with E-state index < -0.39 is 0 Å². The monoisotopic (exact) mass is 369 g/mol. The van der Waals surface area contributed by atoms with Gasteiger partial charge in [-0.25, -0.2) is 0 Å². The van der Waals surface area contributed by atoms with Crippen LogP contribution in [0, 0.1) is 0 Å². The summed E-state index contributed by atoms with van der Waals surface area (Å²) in [5, 5.41) is 16.2. The molecule has 1 aromatic heterocycles. The zero-order valence-corrected chi connectivity index (χ0v) is 15.7. The highest BCUT2D eigenvalue weighted by Crippen LogP contribution is 2.19. The maximum atomic E-state index is 5.79. The Morgan fingerprint density at radius 2 is 1.88 bits per heavy atom. The Morgan fingerprint density at radius 3 is 2.73 bits per heavy atom. The minimum atomic E-state index is 0.745. The van der Waals surface area contributed by atoms with Crippen molar-refractivity contribution in [3.63, 3.8) is 0 Å². The third-order valence-electron chi connectivity index (χ3n) is 3.70. The maximum absolute atomic E-state index is 5.79. The van der Waals surface area contributed by atoms with Crippen molar-refractivity contribution in [3.05, 3.63) is 60.2 Å². The number of benzene rings is 2. The second-order valence-electron chi connectivity index (χ2n) is 5.69. The molecule has 1 heterocycles. The Kier molecular flexibility index (Phi) is 7.04. The van der Waals surface area contributed by atoms with Gasteiger partial charge in [-0.1, -0.05) is 55.1 Å². The van der Waals surface area contributed by atoms with Gasteiger partial charge in [0.1, 0.15) is 5.75 Å². The van der Waals surface area contributed by atoms with Crippen LogP contribution >= 0.6 is 11.8 Å². The number of aromatic nitrogens is 4. The van der Waals surface area contributed by atoms with Gasteiger partial charge in [-0.05, 0) is 35.0 Å². The zero-order valence-electron chi connectivity index (χ0n) is 14.8. The largest absolute Gasteiger partial charge is 0.493 e. The number of ether oxygens (including phenoxy) is 1. The van der Waals surface area contributed by atoms with Crippen molar-refractivity contribution in [2.75, 3.05) is 18.9 Å². The van der Waals surface area contributed by atoms with Crippen LogP contribution in [0.25, 0.3) is 5.69 Å². The normalized spacial score (nSPS) is 10.8. The summed E-state index contributed by atoms with van der Waals surface area (Å²) in [4.78, 5) is 0. The molecule has 0 spiro atoms.